The predicted octanol–water partition coefficient (Wildman–Crippen LogP) is 2.56. The van der Waals surface area contributed by atoms with E-state index in [-0.39, 0.29) is 11.5 Å². The molecule has 1 heterocycles. The first-order chi connectivity index (χ1) is 8.56. The van der Waals surface area contributed by atoms with Gasteiger partial charge in [-0.3, -0.25) is 10.1 Å². The van der Waals surface area contributed by atoms with E-state index in [1.165, 1.54) is 31.4 Å². The minimum absolute atomic E-state index is 0.0199. The quantitative estimate of drug-likeness (QED) is 0.635. The number of nitrogens with zero attached hydrogens (tertiary/aromatic N) is 2. The zero-order chi connectivity index (χ0) is 13.1. The normalized spacial score (nSPS) is 23.6. The van der Waals surface area contributed by atoms with Crippen molar-refractivity contribution in [1.82, 2.24) is 4.98 Å². The summed E-state index contributed by atoms with van der Waals surface area (Å²) in [4.78, 5) is 14.4. The van der Waals surface area contributed by atoms with Gasteiger partial charge in [-0.15, -0.1) is 0 Å². The first kappa shape index (κ1) is 12.6. The molecule has 1 aliphatic rings. The summed E-state index contributed by atoms with van der Waals surface area (Å²) in [6.07, 6.45) is 4.70. The summed E-state index contributed by atoms with van der Waals surface area (Å²) in [6, 6.07) is 3.04. The van der Waals surface area contributed by atoms with E-state index >= 15 is 0 Å². The Morgan fingerprint density at radius 2 is 2.17 bits per heavy atom. The van der Waals surface area contributed by atoms with E-state index in [9.17, 15) is 10.1 Å². The lowest BCUT2D eigenvalue weighted by Gasteiger charge is -2.29. The van der Waals surface area contributed by atoms with Crippen LogP contribution in [0.5, 0.6) is 0 Å². The van der Waals surface area contributed by atoms with Gasteiger partial charge in [0.25, 0.3) is 5.69 Å². The summed E-state index contributed by atoms with van der Waals surface area (Å²) in [6.45, 7) is 2.19. The predicted molar refractivity (Wildman–Crippen MR) is 70.3 cm³/mol. The molecule has 2 rings (SSSR count). The molecule has 0 bridgehead atoms. The molecule has 0 amide bonds. The number of anilines is 2. The van der Waals surface area contributed by atoms with Gasteiger partial charge in [-0.05, 0) is 18.8 Å². The number of hydrogen-bond acceptors (Lipinski definition) is 5. The van der Waals surface area contributed by atoms with Crippen LogP contribution in [0, 0.1) is 16.0 Å². The van der Waals surface area contributed by atoms with Crippen LogP contribution in [0.2, 0.25) is 0 Å². The summed E-state index contributed by atoms with van der Waals surface area (Å²) < 4.78 is 0. The van der Waals surface area contributed by atoms with E-state index in [4.69, 9.17) is 5.73 Å². The summed E-state index contributed by atoms with van der Waals surface area (Å²) >= 11 is 0. The summed E-state index contributed by atoms with van der Waals surface area (Å²) in [5.74, 6) is 1.23. The van der Waals surface area contributed by atoms with Gasteiger partial charge in [0.05, 0.1) is 17.1 Å². The number of nitro groups is 1. The fourth-order valence-electron chi connectivity index (χ4n) is 2.44. The molecule has 1 aromatic rings. The lowest BCUT2D eigenvalue weighted by molar-refractivity contribution is -0.384. The van der Waals surface area contributed by atoms with Gasteiger partial charge in [-0.1, -0.05) is 19.8 Å². The molecule has 6 heteroatoms. The van der Waals surface area contributed by atoms with E-state index in [2.05, 4.69) is 17.2 Å². The van der Waals surface area contributed by atoms with Crippen molar-refractivity contribution in [2.75, 3.05) is 11.1 Å². The third-order valence-electron chi connectivity index (χ3n) is 3.49. The van der Waals surface area contributed by atoms with Gasteiger partial charge in [0.1, 0.15) is 11.6 Å². The van der Waals surface area contributed by atoms with Gasteiger partial charge in [0.2, 0.25) is 0 Å². The monoisotopic (exact) mass is 250 g/mol. The van der Waals surface area contributed by atoms with Crippen LogP contribution in [-0.4, -0.2) is 15.9 Å². The number of pyridine rings is 1. The molecule has 0 spiro atoms. The number of nitrogen functional groups attached to an aromatic ring is 1. The highest BCUT2D eigenvalue weighted by Crippen LogP contribution is 2.27. The third kappa shape index (κ3) is 2.88. The number of hydrogen-bond donors (Lipinski definition) is 2. The summed E-state index contributed by atoms with van der Waals surface area (Å²) in [5, 5.41) is 14.0. The van der Waals surface area contributed by atoms with Crippen molar-refractivity contribution in [2.24, 2.45) is 5.92 Å². The number of nitrogens with one attached hydrogen (secondary N) is 1. The highest BCUT2D eigenvalue weighted by molar-refractivity contribution is 5.53. The Morgan fingerprint density at radius 1 is 1.44 bits per heavy atom. The molecular weight excluding hydrogens is 232 g/mol. The highest BCUT2D eigenvalue weighted by Gasteiger charge is 2.22. The highest BCUT2D eigenvalue weighted by atomic mass is 16.6. The average Bonchev–Trinajstić information content (AvgIpc) is 2.31. The van der Waals surface area contributed by atoms with Crippen LogP contribution in [0.4, 0.5) is 17.3 Å². The maximum atomic E-state index is 10.8. The number of nitrogens with two attached hydrogens (primary N) is 1. The Bertz CT molecular complexity index is 450. The van der Waals surface area contributed by atoms with Crippen molar-refractivity contribution in [2.45, 2.75) is 38.6 Å². The molecule has 6 nitrogen and oxygen atoms in total. The molecule has 0 radical (unpaired) electrons. The summed E-state index contributed by atoms with van der Waals surface area (Å²) in [5.41, 5.74) is 5.56. The zero-order valence-electron chi connectivity index (χ0n) is 10.4. The number of aromatic nitrogens is 1. The topological polar surface area (TPSA) is 94.1 Å². The van der Waals surface area contributed by atoms with Crippen molar-refractivity contribution in [1.29, 1.82) is 0 Å². The molecule has 2 atom stereocenters. The van der Waals surface area contributed by atoms with Crippen LogP contribution in [0.15, 0.2) is 12.1 Å². The molecule has 2 unspecified atom stereocenters. The van der Waals surface area contributed by atoms with Crippen molar-refractivity contribution >= 4 is 17.3 Å². The minimum Gasteiger partial charge on any atom is -0.383 e. The second-order valence-electron chi connectivity index (χ2n) is 4.91. The molecule has 0 aliphatic heterocycles. The molecule has 1 aliphatic carbocycles. The lowest BCUT2D eigenvalue weighted by atomic mass is 9.86. The molecule has 0 aromatic carbocycles. The minimum atomic E-state index is -0.451. The molecule has 1 fully saturated rings. The van der Waals surface area contributed by atoms with Crippen molar-refractivity contribution in [3.8, 4) is 0 Å². The van der Waals surface area contributed by atoms with Gasteiger partial charge in [0.15, 0.2) is 0 Å². The Kier molecular flexibility index (Phi) is 3.64. The van der Waals surface area contributed by atoms with Crippen molar-refractivity contribution in [3.63, 3.8) is 0 Å². The van der Waals surface area contributed by atoms with Crippen LogP contribution < -0.4 is 11.1 Å². The molecule has 98 valence electrons. The zero-order valence-corrected chi connectivity index (χ0v) is 10.4. The van der Waals surface area contributed by atoms with Crippen LogP contribution in [0.1, 0.15) is 32.6 Å². The van der Waals surface area contributed by atoms with Crippen molar-refractivity contribution in [3.05, 3.63) is 22.2 Å². The van der Waals surface area contributed by atoms with Crippen LogP contribution >= 0.6 is 0 Å². The van der Waals surface area contributed by atoms with E-state index in [1.54, 1.807) is 0 Å². The fourth-order valence-corrected chi connectivity index (χ4v) is 2.44. The Balaban J connectivity index is 2.15. The standard InChI is InChI=1S/C12H18N4O2/c1-8-4-2-3-5-10(8)14-12-7-9(16(17)18)6-11(13)15-12/h6-8,10H,2-5H2,1H3,(H3,13,14,15). The van der Waals surface area contributed by atoms with Gasteiger partial charge < -0.3 is 11.1 Å². The maximum absolute atomic E-state index is 10.8. The molecule has 0 saturated heterocycles. The molecule has 1 aromatic heterocycles. The van der Waals surface area contributed by atoms with Crippen molar-refractivity contribution < 1.29 is 4.92 Å². The van der Waals surface area contributed by atoms with Crippen LogP contribution in [-0.2, 0) is 0 Å². The maximum Gasteiger partial charge on any atom is 0.276 e. The van der Waals surface area contributed by atoms with E-state index in [0.717, 1.165) is 6.42 Å². The van der Waals surface area contributed by atoms with Gasteiger partial charge >= 0.3 is 0 Å². The smallest absolute Gasteiger partial charge is 0.276 e. The SMILES string of the molecule is CC1CCCCC1Nc1cc([N+](=O)[O-])cc(N)n1. The summed E-state index contributed by atoms with van der Waals surface area (Å²) in [7, 11) is 0. The van der Waals surface area contributed by atoms with Crippen LogP contribution in [0.25, 0.3) is 0 Å². The second-order valence-corrected chi connectivity index (χ2v) is 4.91. The van der Waals surface area contributed by atoms with E-state index in [0.29, 0.717) is 17.8 Å². The first-order valence-electron chi connectivity index (χ1n) is 6.25. The number of rotatable bonds is 3. The Morgan fingerprint density at radius 3 is 2.83 bits per heavy atom. The van der Waals surface area contributed by atoms with E-state index in [1.807, 2.05) is 0 Å². The Labute approximate surface area is 106 Å². The molecule has 3 N–H and O–H groups in total. The van der Waals surface area contributed by atoms with Gasteiger partial charge in [-0.2, -0.15) is 0 Å². The van der Waals surface area contributed by atoms with E-state index < -0.39 is 4.92 Å². The molecule has 18 heavy (non-hydrogen) atoms. The second kappa shape index (κ2) is 5.20. The first-order valence-corrected chi connectivity index (χ1v) is 6.25. The molecular formula is C12H18N4O2. The van der Waals surface area contributed by atoms with Crippen LogP contribution in [0.3, 0.4) is 0 Å². The average molecular weight is 250 g/mol. The van der Waals surface area contributed by atoms with Gasteiger partial charge in [-0.25, -0.2) is 4.98 Å². The lowest BCUT2D eigenvalue weighted by Crippen LogP contribution is -2.30. The Hall–Kier alpha value is -1.85. The fraction of sp³-hybridized carbons (Fsp3) is 0.583. The van der Waals surface area contributed by atoms with Gasteiger partial charge in [0, 0.05) is 6.04 Å². The largest absolute Gasteiger partial charge is 0.383 e. The molecule has 1 saturated carbocycles. The third-order valence-corrected chi connectivity index (χ3v) is 3.49.